The minimum absolute atomic E-state index is 0.0709. The van der Waals surface area contributed by atoms with Crippen molar-refractivity contribution in [2.45, 2.75) is 19.4 Å². The molecule has 1 saturated heterocycles. The van der Waals surface area contributed by atoms with Gasteiger partial charge in [0.05, 0.1) is 11.7 Å². The molecule has 1 aliphatic rings. The van der Waals surface area contributed by atoms with Crippen LogP contribution < -0.4 is 5.32 Å². The molecule has 1 aromatic heterocycles. The minimum atomic E-state index is -0.433. The number of nitrogens with one attached hydrogen (secondary N) is 1. The second-order valence-corrected chi connectivity index (χ2v) is 4.76. The van der Waals surface area contributed by atoms with E-state index in [-0.39, 0.29) is 11.8 Å². The number of β-amino-alcohol motifs (C(OH)–C–C–N with tert-alkyl or cyclic N) is 1. The molecule has 1 aliphatic heterocycles. The standard InChI is InChI=1S/C13H19N3O2/c1-9-4-6-16(8-12(9)17)13(18)10-7-15-5-3-11(10)14-2/h3,5,7,9,12,17H,4,6,8H2,1-2H3,(H,14,15). The highest BCUT2D eigenvalue weighted by atomic mass is 16.3. The van der Waals surface area contributed by atoms with Crippen LogP contribution in [-0.4, -0.2) is 47.1 Å². The molecule has 1 aromatic rings. The Hall–Kier alpha value is -1.62. The first kappa shape index (κ1) is 12.8. The Morgan fingerprint density at radius 1 is 1.61 bits per heavy atom. The molecule has 1 amide bonds. The van der Waals surface area contributed by atoms with Crippen LogP contribution >= 0.6 is 0 Å². The third kappa shape index (κ3) is 2.46. The van der Waals surface area contributed by atoms with E-state index < -0.39 is 6.10 Å². The fraction of sp³-hybridized carbons (Fsp3) is 0.538. The lowest BCUT2D eigenvalue weighted by molar-refractivity contribution is 0.0249. The van der Waals surface area contributed by atoms with Crippen molar-refractivity contribution < 1.29 is 9.90 Å². The third-order valence-corrected chi connectivity index (χ3v) is 3.53. The van der Waals surface area contributed by atoms with Gasteiger partial charge in [-0.3, -0.25) is 9.78 Å². The van der Waals surface area contributed by atoms with E-state index in [0.29, 0.717) is 18.7 Å². The highest BCUT2D eigenvalue weighted by Crippen LogP contribution is 2.21. The number of anilines is 1. The summed E-state index contributed by atoms with van der Waals surface area (Å²) >= 11 is 0. The molecular formula is C13H19N3O2. The van der Waals surface area contributed by atoms with E-state index in [1.807, 2.05) is 6.92 Å². The topological polar surface area (TPSA) is 65.5 Å². The van der Waals surface area contributed by atoms with E-state index >= 15 is 0 Å². The second-order valence-electron chi connectivity index (χ2n) is 4.76. The summed E-state index contributed by atoms with van der Waals surface area (Å²) < 4.78 is 0. The predicted molar refractivity (Wildman–Crippen MR) is 69.5 cm³/mol. The van der Waals surface area contributed by atoms with Gasteiger partial charge in [0.2, 0.25) is 0 Å². The van der Waals surface area contributed by atoms with Gasteiger partial charge in [0.1, 0.15) is 0 Å². The van der Waals surface area contributed by atoms with Crippen molar-refractivity contribution in [1.82, 2.24) is 9.88 Å². The molecule has 2 heterocycles. The predicted octanol–water partition coefficient (Wildman–Crippen LogP) is 0.966. The van der Waals surface area contributed by atoms with Crippen molar-refractivity contribution in [2.75, 3.05) is 25.5 Å². The molecule has 18 heavy (non-hydrogen) atoms. The normalized spacial score (nSPS) is 23.8. The first-order chi connectivity index (χ1) is 8.63. The average Bonchev–Trinajstić information content (AvgIpc) is 2.41. The van der Waals surface area contributed by atoms with E-state index in [1.54, 1.807) is 30.4 Å². The van der Waals surface area contributed by atoms with Gasteiger partial charge in [-0.2, -0.15) is 0 Å². The fourth-order valence-electron chi connectivity index (χ4n) is 2.19. The number of rotatable bonds is 2. The number of hydrogen-bond donors (Lipinski definition) is 2. The maximum atomic E-state index is 12.4. The van der Waals surface area contributed by atoms with Crippen LogP contribution in [0.2, 0.25) is 0 Å². The number of hydrogen-bond acceptors (Lipinski definition) is 4. The van der Waals surface area contributed by atoms with Gasteiger partial charge < -0.3 is 15.3 Å². The number of pyridine rings is 1. The molecule has 0 radical (unpaired) electrons. The lowest BCUT2D eigenvalue weighted by Crippen LogP contribution is -2.46. The van der Waals surface area contributed by atoms with Crippen LogP contribution in [0.3, 0.4) is 0 Å². The van der Waals surface area contributed by atoms with Crippen molar-refractivity contribution >= 4 is 11.6 Å². The van der Waals surface area contributed by atoms with Gasteiger partial charge in [0.25, 0.3) is 5.91 Å². The number of carbonyl (C=O) groups excluding carboxylic acids is 1. The van der Waals surface area contributed by atoms with Crippen molar-refractivity contribution in [3.8, 4) is 0 Å². The van der Waals surface area contributed by atoms with Crippen molar-refractivity contribution in [2.24, 2.45) is 5.92 Å². The first-order valence-electron chi connectivity index (χ1n) is 6.22. The Bertz CT molecular complexity index is 436. The summed E-state index contributed by atoms with van der Waals surface area (Å²) in [5, 5.41) is 12.8. The summed E-state index contributed by atoms with van der Waals surface area (Å²) in [7, 11) is 1.78. The van der Waals surface area contributed by atoms with Crippen LogP contribution in [-0.2, 0) is 0 Å². The molecule has 2 N–H and O–H groups in total. The lowest BCUT2D eigenvalue weighted by Gasteiger charge is -2.34. The Kier molecular flexibility index (Phi) is 3.81. The number of aliphatic hydroxyl groups is 1. The van der Waals surface area contributed by atoms with Crippen molar-refractivity contribution in [3.05, 3.63) is 24.0 Å². The average molecular weight is 249 g/mol. The van der Waals surface area contributed by atoms with Crippen molar-refractivity contribution in [1.29, 1.82) is 0 Å². The number of aliphatic hydroxyl groups excluding tert-OH is 1. The smallest absolute Gasteiger partial charge is 0.257 e. The van der Waals surface area contributed by atoms with Gasteiger partial charge in [0, 0.05) is 38.2 Å². The van der Waals surface area contributed by atoms with Gasteiger partial charge in [-0.05, 0) is 18.4 Å². The quantitative estimate of drug-likeness (QED) is 0.819. The number of likely N-dealkylation sites (tertiary alicyclic amines) is 1. The maximum absolute atomic E-state index is 12.4. The molecule has 2 atom stereocenters. The zero-order valence-corrected chi connectivity index (χ0v) is 10.8. The summed E-state index contributed by atoms with van der Waals surface area (Å²) in [6.45, 7) is 3.10. The molecule has 0 aliphatic carbocycles. The monoisotopic (exact) mass is 249 g/mol. The SMILES string of the molecule is CNc1ccncc1C(=O)N1CCC(C)C(O)C1. The Labute approximate surface area is 107 Å². The van der Waals surface area contributed by atoms with Crippen molar-refractivity contribution in [3.63, 3.8) is 0 Å². The number of piperidine rings is 1. The van der Waals surface area contributed by atoms with Crippen LogP contribution in [0.1, 0.15) is 23.7 Å². The fourth-order valence-corrected chi connectivity index (χ4v) is 2.19. The zero-order valence-electron chi connectivity index (χ0n) is 10.8. The molecule has 98 valence electrons. The molecule has 5 heteroatoms. The molecule has 0 saturated carbocycles. The first-order valence-corrected chi connectivity index (χ1v) is 6.22. The molecule has 2 unspecified atom stereocenters. The van der Waals surface area contributed by atoms with E-state index in [1.165, 1.54) is 0 Å². The molecule has 1 fully saturated rings. The molecule has 0 bridgehead atoms. The van der Waals surface area contributed by atoms with Crippen LogP contribution in [0, 0.1) is 5.92 Å². The van der Waals surface area contributed by atoms with E-state index in [2.05, 4.69) is 10.3 Å². The Balaban J connectivity index is 2.16. The highest BCUT2D eigenvalue weighted by Gasteiger charge is 2.28. The third-order valence-electron chi connectivity index (χ3n) is 3.53. The number of aromatic nitrogens is 1. The van der Waals surface area contributed by atoms with E-state index in [9.17, 15) is 9.90 Å². The van der Waals surface area contributed by atoms with Gasteiger partial charge >= 0.3 is 0 Å². The lowest BCUT2D eigenvalue weighted by atomic mass is 9.95. The summed E-state index contributed by atoms with van der Waals surface area (Å²) in [5.74, 6) is 0.185. The highest BCUT2D eigenvalue weighted by molar-refractivity contribution is 5.99. The van der Waals surface area contributed by atoms with Gasteiger partial charge in [-0.1, -0.05) is 6.92 Å². The van der Waals surface area contributed by atoms with Gasteiger partial charge in [0.15, 0.2) is 0 Å². The van der Waals surface area contributed by atoms with E-state index in [4.69, 9.17) is 0 Å². The summed E-state index contributed by atoms with van der Waals surface area (Å²) in [6.07, 6.45) is 3.62. The van der Waals surface area contributed by atoms with Gasteiger partial charge in [-0.15, -0.1) is 0 Å². The Morgan fingerprint density at radius 2 is 2.39 bits per heavy atom. The molecule has 5 nitrogen and oxygen atoms in total. The maximum Gasteiger partial charge on any atom is 0.257 e. The number of nitrogens with zero attached hydrogens (tertiary/aromatic N) is 2. The van der Waals surface area contributed by atoms with Crippen LogP contribution in [0.4, 0.5) is 5.69 Å². The largest absolute Gasteiger partial charge is 0.391 e. The zero-order chi connectivity index (χ0) is 13.1. The number of amides is 1. The summed E-state index contributed by atoms with van der Waals surface area (Å²) in [5.41, 5.74) is 1.32. The summed E-state index contributed by atoms with van der Waals surface area (Å²) in [4.78, 5) is 18.1. The van der Waals surface area contributed by atoms with Gasteiger partial charge in [-0.25, -0.2) is 0 Å². The second kappa shape index (κ2) is 5.35. The van der Waals surface area contributed by atoms with E-state index in [0.717, 1.165) is 12.1 Å². The Morgan fingerprint density at radius 3 is 3.06 bits per heavy atom. The van der Waals surface area contributed by atoms with Crippen LogP contribution in [0.15, 0.2) is 18.5 Å². The molecular weight excluding hydrogens is 230 g/mol. The van der Waals surface area contributed by atoms with Crippen LogP contribution in [0.25, 0.3) is 0 Å². The minimum Gasteiger partial charge on any atom is -0.391 e. The summed E-state index contributed by atoms with van der Waals surface area (Å²) in [6, 6.07) is 1.77. The molecule has 0 aromatic carbocycles. The number of carbonyl (C=O) groups is 1. The molecule has 2 rings (SSSR count). The van der Waals surface area contributed by atoms with Crippen LogP contribution in [0.5, 0.6) is 0 Å². The molecule has 0 spiro atoms.